The molecule has 0 aliphatic heterocycles. The number of benzene rings is 1. The van der Waals surface area contributed by atoms with Crippen LogP contribution in [-0.2, 0) is 6.42 Å². The smallest absolute Gasteiger partial charge is 0.319 e. The fourth-order valence-electron chi connectivity index (χ4n) is 2.30. The van der Waals surface area contributed by atoms with Crippen LogP contribution in [-0.4, -0.2) is 17.1 Å². The van der Waals surface area contributed by atoms with Crippen LogP contribution in [0.25, 0.3) is 0 Å². The van der Waals surface area contributed by atoms with Gasteiger partial charge in [0.25, 0.3) is 0 Å². The maximum atomic E-state index is 11.7. The van der Waals surface area contributed by atoms with E-state index in [-0.39, 0.29) is 12.1 Å². The molecule has 1 heterocycles. The number of hydrogen-bond donors (Lipinski definition) is 3. The Hall–Kier alpha value is -2.56. The average molecular weight is 312 g/mol. The van der Waals surface area contributed by atoms with Gasteiger partial charge in [-0.2, -0.15) is 0 Å². The predicted octanol–water partition coefficient (Wildman–Crippen LogP) is 4.23. The molecule has 2 rings (SSSR count). The molecule has 1 aromatic heterocycles. The summed E-state index contributed by atoms with van der Waals surface area (Å²) in [5.41, 5.74) is 4.20. The molecule has 2 aromatic rings. The molecule has 23 heavy (non-hydrogen) atoms. The van der Waals surface area contributed by atoms with Gasteiger partial charge < -0.3 is 16.0 Å². The van der Waals surface area contributed by atoms with Crippen molar-refractivity contribution >= 4 is 23.2 Å². The van der Waals surface area contributed by atoms with Crippen LogP contribution in [0, 0.1) is 6.92 Å². The standard InChI is InChI=1S/C18H24N4O/c1-5-14-8-6-7-13(4)17(14)22-16-10-9-15(11-19-16)21-18(23)20-12(2)3/h6-12H,5H2,1-4H3,(H,19,22)(H2,20,21,23). The van der Waals surface area contributed by atoms with Crippen molar-refractivity contribution in [1.82, 2.24) is 10.3 Å². The molecule has 0 radical (unpaired) electrons. The van der Waals surface area contributed by atoms with E-state index in [9.17, 15) is 4.79 Å². The molecule has 122 valence electrons. The van der Waals surface area contributed by atoms with Gasteiger partial charge >= 0.3 is 6.03 Å². The van der Waals surface area contributed by atoms with Crippen LogP contribution < -0.4 is 16.0 Å². The Labute approximate surface area is 137 Å². The highest BCUT2D eigenvalue weighted by molar-refractivity contribution is 5.89. The number of carbonyl (C=O) groups excluding carboxylic acids is 1. The maximum Gasteiger partial charge on any atom is 0.319 e. The van der Waals surface area contributed by atoms with Gasteiger partial charge in [-0.25, -0.2) is 9.78 Å². The van der Waals surface area contributed by atoms with Crippen LogP contribution >= 0.6 is 0 Å². The van der Waals surface area contributed by atoms with Crippen LogP contribution in [0.4, 0.5) is 22.0 Å². The van der Waals surface area contributed by atoms with Crippen LogP contribution in [0.1, 0.15) is 31.9 Å². The van der Waals surface area contributed by atoms with Crippen LogP contribution in [0.5, 0.6) is 0 Å². The van der Waals surface area contributed by atoms with Crippen molar-refractivity contribution in [2.75, 3.05) is 10.6 Å². The van der Waals surface area contributed by atoms with Gasteiger partial charge in [0.15, 0.2) is 0 Å². The number of anilines is 3. The molecule has 5 nitrogen and oxygen atoms in total. The number of para-hydroxylation sites is 1. The molecule has 0 bridgehead atoms. The van der Waals surface area contributed by atoms with Crippen LogP contribution in [0.3, 0.4) is 0 Å². The SMILES string of the molecule is CCc1cccc(C)c1Nc1ccc(NC(=O)NC(C)C)cn1. The summed E-state index contributed by atoms with van der Waals surface area (Å²) in [5, 5.41) is 8.90. The van der Waals surface area contributed by atoms with Gasteiger partial charge in [0.2, 0.25) is 0 Å². The molecular formula is C18H24N4O. The summed E-state index contributed by atoms with van der Waals surface area (Å²) in [4.78, 5) is 16.0. The lowest BCUT2D eigenvalue weighted by Gasteiger charge is -2.14. The van der Waals surface area contributed by atoms with Crippen molar-refractivity contribution in [2.45, 2.75) is 40.2 Å². The van der Waals surface area contributed by atoms with Gasteiger partial charge in [-0.15, -0.1) is 0 Å². The van der Waals surface area contributed by atoms with E-state index in [0.717, 1.165) is 17.9 Å². The predicted molar refractivity (Wildman–Crippen MR) is 95.4 cm³/mol. The molecule has 1 aromatic carbocycles. The van der Waals surface area contributed by atoms with Crippen LogP contribution in [0.15, 0.2) is 36.5 Å². The lowest BCUT2D eigenvalue weighted by molar-refractivity contribution is 0.250. The topological polar surface area (TPSA) is 66.0 Å². The molecule has 0 aliphatic rings. The molecule has 0 aliphatic carbocycles. The molecule has 0 atom stereocenters. The Balaban J connectivity index is 2.07. The van der Waals surface area contributed by atoms with E-state index in [2.05, 4.69) is 53.0 Å². The third-order valence-corrected chi connectivity index (χ3v) is 3.43. The highest BCUT2D eigenvalue weighted by atomic mass is 16.2. The first kappa shape index (κ1) is 16.8. The zero-order valence-electron chi connectivity index (χ0n) is 14.1. The lowest BCUT2D eigenvalue weighted by atomic mass is 10.1. The molecule has 0 spiro atoms. The summed E-state index contributed by atoms with van der Waals surface area (Å²) in [6, 6.07) is 9.81. The molecular weight excluding hydrogens is 288 g/mol. The zero-order chi connectivity index (χ0) is 16.8. The Morgan fingerprint density at radius 2 is 2.00 bits per heavy atom. The number of amides is 2. The average Bonchev–Trinajstić information content (AvgIpc) is 2.50. The van der Waals surface area contributed by atoms with Gasteiger partial charge in [0.1, 0.15) is 5.82 Å². The first-order valence-electron chi connectivity index (χ1n) is 7.88. The number of urea groups is 1. The number of carbonyl (C=O) groups is 1. The molecule has 0 unspecified atom stereocenters. The summed E-state index contributed by atoms with van der Waals surface area (Å²) in [6.45, 7) is 8.04. The summed E-state index contributed by atoms with van der Waals surface area (Å²) in [6.07, 6.45) is 2.60. The van der Waals surface area contributed by atoms with E-state index in [0.29, 0.717) is 5.69 Å². The summed E-state index contributed by atoms with van der Waals surface area (Å²) < 4.78 is 0. The van der Waals surface area contributed by atoms with Gasteiger partial charge in [0.05, 0.1) is 11.9 Å². The maximum absolute atomic E-state index is 11.7. The number of nitrogens with zero attached hydrogens (tertiary/aromatic N) is 1. The highest BCUT2D eigenvalue weighted by Gasteiger charge is 2.06. The Morgan fingerprint density at radius 3 is 2.61 bits per heavy atom. The molecule has 0 saturated carbocycles. The van der Waals surface area contributed by atoms with E-state index >= 15 is 0 Å². The van der Waals surface area contributed by atoms with Crippen molar-refractivity contribution < 1.29 is 4.79 Å². The second kappa shape index (κ2) is 7.63. The minimum absolute atomic E-state index is 0.0948. The van der Waals surface area contributed by atoms with Gasteiger partial charge in [0, 0.05) is 11.7 Å². The number of rotatable bonds is 5. The van der Waals surface area contributed by atoms with E-state index in [1.807, 2.05) is 26.0 Å². The second-order valence-electron chi connectivity index (χ2n) is 5.77. The molecule has 0 fully saturated rings. The van der Waals surface area contributed by atoms with Crippen molar-refractivity contribution in [2.24, 2.45) is 0 Å². The monoisotopic (exact) mass is 312 g/mol. The third-order valence-electron chi connectivity index (χ3n) is 3.43. The number of aromatic nitrogens is 1. The first-order valence-corrected chi connectivity index (χ1v) is 7.88. The zero-order valence-corrected chi connectivity index (χ0v) is 14.1. The van der Waals surface area contributed by atoms with E-state index < -0.39 is 0 Å². The largest absolute Gasteiger partial charge is 0.340 e. The van der Waals surface area contributed by atoms with Gasteiger partial charge in [-0.1, -0.05) is 25.1 Å². The van der Waals surface area contributed by atoms with E-state index in [1.165, 1.54) is 11.1 Å². The van der Waals surface area contributed by atoms with Gasteiger partial charge in [-0.3, -0.25) is 0 Å². The fraction of sp³-hybridized carbons (Fsp3) is 0.333. The molecule has 3 N–H and O–H groups in total. The van der Waals surface area contributed by atoms with E-state index in [4.69, 9.17) is 0 Å². The minimum Gasteiger partial charge on any atom is -0.340 e. The number of nitrogens with one attached hydrogen (secondary N) is 3. The lowest BCUT2D eigenvalue weighted by Crippen LogP contribution is -2.34. The third kappa shape index (κ3) is 4.71. The molecule has 0 saturated heterocycles. The molecule has 2 amide bonds. The summed E-state index contributed by atoms with van der Waals surface area (Å²) in [7, 11) is 0. The first-order chi connectivity index (χ1) is 11.0. The Bertz CT molecular complexity index is 665. The number of aryl methyl sites for hydroxylation is 2. The summed E-state index contributed by atoms with van der Waals surface area (Å²) >= 11 is 0. The Kier molecular flexibility index (Phi) is 5.57. The normalized spacial score (nSPS) is 10.5. The molecule has 5 heteroatoms. The van der Waals surface area contributed by atoms with Crippen molar-refractivity contribution in [3.05, 3.63) is 47.7 Å². The van der Waals surface area contributed by atoms with Gasteiger partial charge in [-0.05, 0) is 50.5 Å². The van der Waals surface area contributed by atoms with Crippen molar-refractivity contribution in [3.63, 3.8) is 0 Å². The summed E-state index contributed by atoms with van der Waals surface area (Å²) in [5.74, 6) is 0.754. The fourth-order valence-corrected chi connectivity index (χ4v) is 2.30. The second-order valence-corrected chi connectivity index (χ2v) is 5.77. The minimum atomic E-state index is -0.227. The van der Waals surface area contributed by atoms with E-state index in [1.54, 1.807) is 6.20 Å². The highest BCUT2D eigenvalue weighted by Crippen LogP contribution is 2.24. The quantitative estimate of drug-likeness (QED) is 0.774. The van der Waals surface area contributed by atoms with Crippen LogP contribution in [0.2, 0.25) is 0 Å². The number of pyridine rings is 1. The van der Waals surface area contributed by atoms with Crippen molar-refractivity contribution in [3.8, 4) is 0 Å². The van der Waals surface area contributed by atoms with Crippen molar-refractivity contribution in [1.29, 1.82) is 0 Å². The Morgan fingerprint density at radius 1 is 1.22 bits per heavy atom. The number of hydrogen-bond acceptors (Lipinski definition) is 3.